The topological polar surface area (TPSA) is 110 Å². The number of halogens is 1. The first kappa shape index (κ1) is 14.7. The smallest absolute Gasteiger partial charge is 0.269 e. The maximum absolute atomic E-state index is 13.1. The van der Waals surface area contributed by atoms with Crippen molar-refractivity contribution in [3.63, 3.8) is 0 Å². The standard InChI is InChI=1S/C12H9FN2O5S/c13-11-7-8(1-6-12(11)16)14-21(19,20)10-4-2-9(3-5-10)15(17)18/h1-7,14,16H. The molecule has 0 aliphatic heterocycles. The van der Waals surface area contributed by atoms with E-state index in [4.69, 9.17) is 5.11 Å². The van der Waals surface area contributed by atoms with Crippen molar-refractivity contribution in [2.45, 2.75) is 4.90 Å². The summed E-state index contributed by atoms with van der Waals surface area (Å²) in [6.45, 7) is 0. The molecule has 0 atom stereocenters. The van der Waals surface area contributed by atoms with E-state index >= 15 is 0 Å². The fraction of sp³-hybridized carbons (Fsp3) is 0. The summed E-state index contributed by atoms with van der Waals surface area (Å²) in [6, 6.07) is 7.23. The molecule has 0 heterocycles. The van der Waals surface area contributed by atoms with E-state index in [2.05, 4.69) is 4.72 Å². The van der Waals surface area contributed by atoms with Crippen LogP contribution in [0.15, 0.2) is 47.4 Å². The van der Waals surface area contributed by atoms with Crippen LogP contribution in [0, 0.1) is 15.9 Å². The Bertz CT molecular complexity index is 790. The molecule has 0 bridgehead atoms. The molecular weight excluding hydrogens is 303 g/mol. The number of phenolic OH excluding ortho intramolecular Hbond substituents is 1. The van der Waals surface area contributed by atoms with E-state index in [0.29, 0.717) is 0 Å². The number of nitrogens with zero attached hydrogens (tertiary/aromatic N) is 1. The Morgan fingerprint density at radius 1 is 1.14 bits per heavy atom. The number of nitro benzene ring substituents is 1. The highest BCUT2D eigenvalue weighted by Crippen LogP contribution is 2.23. The zero-order valence-electron chi connectivity index (χ0n) is 10.4. The molecule has 2 rings (SSSR count). The number of hydrogen-bond donors (Lipinski definition) is 2. The molecule has 0 radical (unpaired) electrons. The third kappa shape index (κ3) is 3.26. The van der Waals surface area contributed by atoms with Gasteiger partial charge in [-0.3, -0.25) is 14.8 Å². The lowest BCUT2D eigenvalue weighted by Crippen LogP contribution is -2.13. The van der Waals surface area contributed by atoms with Crippen molar-refractivity contribution in [3.05, 3.63) is 58.4 Å². The van der Waals surface area contributed by atoms with Gasteiger partial charge in [-0.15, -0.1) is 0 Å². The molecule has 2 aromatic rings. The van der Waals surface area contributed by atoms with E-state index in [1.165, 1.54) is 6.07 Å². The summed E-state index contributed by atoms with van der Waals surface area (Å²) in [5.41, 5.74) is -0.326. The van der Waals surface area contributed by atoms with E-state index < -0.39 is 26.5 Å². The Kier molecular flexibility index (Phi) is 3.76. The molecule has 2 aromatic carbocycles. The average molecular weight is 312 g/mol. The van der Waals surface area contributed by atoms with Crippen molar-refractivity contribution in [1.29, 1.82) is 0 Å². The molecule has 7 nitrogen and oxygen atoms in total. The van der Waals surface area contributed by atoms with Gasteiger partial charge in [-0.25, -0.2) is 12.8 Å². The largest absolute Gasteiger partial charge is 0.505 e. The number of sulfonamides is 1. The summed E-state index contributed by atoms with van der Waals surface area (Å²) in [7, 11) is -4.01. The van der Waals surface area contributed by atoms with E-state index in [1.54, 1.807) is 0 Å². The highest BCUT2D eigenvalue weighted by atomic mass is 32.2. The first-order chi connectivity index (χ1) is 9.79. The molecule has 0 aliphatic rings. The van der Waals surface area contributed by atoms with E-state index in [-0.39, 0.29) is 16.3 Å². The van der Waals surface area contributed by atoms with Crippen LogP contribution in [0.25, 0.3) is 0 Å². The molecule has 0 aromatic heterocycles. The number of anilines is 1. The molecular formula is C12H9FN2O5S. The Morgan fingerprint density at radius 2 is 1.76 bits per heavy atom. The zero-order valence-corrected chi connectivity index (χ0v) is 11.2. The van der Waals surface area contributed by atoms with Crippen LogP contribution in [0.3, 0.4) is 0 Å². The van der Waals surface area contributed by atoms with Crippen molar-refractivity contribution < 1.29 is 22.8 Å². The van der Waals surface area contributed by atoms with Crippen LogP contribution in [0.5, 0.6) is 5.75 Å². The van der Waals surface area contributed by atoms with Crippen LogP contribution in [-0.4, -0.2) is 18.4 Å². The van der Waals surface area contributed by atoms with Gasteiger partial charge in [0.25, 0.3) is 15.7 Å². The maximum atomic E-state index is 13.1. The lowest BCUT2D eigenvalue weighted by atomic mass is 10.3. The number of benzene rings is 2. The van der Waals surface area contributed by atoms with Crippen LogP contribution < -0.4 is 4.72 Å². The minimum atomic E-state index is -4.01. The van der Waals surface area contributed by atoms with Gasteiger partial charge in [-0.2, -0.15) is 0 Å². The summed E-state index contributed by atoms with van der Waals surface area (Å²) in [5, 5.41) is 19.5. The van der Waals surface area contributed by atoms with Gasteiger partial charge >= 0.3 is 0 Å². The lowest BCUT2D eigenvalue weighted by Gasteiger charge is -2.08. The summed E-state index contributed by atoms with van der Waals surface area (Å²) in [5.74, 6) is -1.58. The molecule has 0 fully saturated rings. The van der Waals surface area contributed by atoms with Gasteiger partial charge in [-0.1, -0.05) is 0 Å². The van der Waals surface area contributed by atoms with Crippen molar-refractivity contribution in [2.75, 3.05) is 4.72 Å². The normalized spacial score (nSPS) is 11.1. The second kappa shape index (κ2) is 5.37. The van der Waals surface area contributed by atoms with Gasteiger partial charge in [0.1, 0.15) is 0 Å². The molecule has 2 N–H and O–H groups in total. The first-order valence-electron chi connectivity index (χ1n) is 5.55. The minimum absolute atomic E-state index is 0.0800. The van der Waals surface area contributed by atoms with Crippen molar-refractivity contribution >= 4 is 21.4 Å². The van der Waals surface area contributed by atoms with Gasteiger partial charge in [0.05, 0.1) is 15.5 Å². The number of nitrogens with one attached hydrogen (secondary N) is 1. The molecule has 0 spiro atoms. The van der Waals surface area contributed by atoms with Gasteiger partial charge in [0, 0.05) is 18.2 Å². The third-order valence-electron chi connectivity index (χ3n) is 2.56. The Labute approximate surface area is 118 Å². The van der Waals surface area contributed by atoms with Crippen LogP contribution in [0.4, 0.5) is 15.8 Å². The highest BCUT2D eigenvalue weighted by molar-refractivity contribution is 7.92. The molecule has 9 heteroatoms. The van der Waals surface area contributed by atoms with Crippen LogP contribution in [-0.2, 0) is 10.0 Å². The molecule has 110 valence electrons. The van der Waals surface area contributed by atoms with E-state index in [1.807, 2.05) is 0 Å². The number of hydrogen-bond acceptors (Lipinski definition) is 5. The van der Waals surface area contributed by atoms with Gasteiger partial charge in [0.15, 0.2) is 11.6 Å². The number of non-ortho nitro benzene ring substituents is 1. The molecule has 0 saturated heterocycles. The summed E-state index contributed by atoms with van der Waals surface area (Å²) in [4.78, 5) is 9.64. The fourth-order valence-corrected chi connectivity index (χ4v) is 2.58. The third-order valence-corrected chi connectivity index (χ3v) is 3.95. The number of aromatic hydroxyl groups is 1. The lowest BCUT2D eigenvalue weighted by molar-refractivity contribution is -0.384. The summed E-state index contributed by atoms with van der Waals surface area (Å²) < 4.78 is 39.3. The second-order valence-electron chi connectivity index (χ2n) is 4.02. The molecule has 0 saturated carbocycles. The van der Waals surface area contributed by atoms with Gasteiger partial charge < -0.3 is 5.11 Å². The van der Waals surface area contributed by atoms with Crippen molar-refractivity contribution in [1.82, 2.24) is 0 Å². The summed E-state index contributed by atoms with van der Waals surface area (Å²) in [6.07, 6.45) is 0. The Balaban J connectivity index is 2.29. The number of phenols is 1. The van der Waals surface area contributed by atoms with Gasteiger partial charge in [-0.05, 0) is 24.3 Å². The van der Waals surface area contributed by atoms with E-state index in [9.17, 15) is 22.9 Å². The van der Waals surface area contributed by atoms with Gasteiger partial charge in [0.2, 0.25) is 0 Å². The minimum Gasteiger partial charge on any atom is -0.505 e. The molecule has 21 heavy (non-hydrogen) atoms. The van der Waals surface area contributed by atoms with Crippen molar-refractivity contribution in [3.8, 4) is 5.75 Å². The predicted molar refractivity (Wildman–Crippen MR) is 72.0 cm³/mol. The molecule has 0 unspecified atom stereocenters. The predicted octanol–water partition coefficient (Wildman–Crippen LogP) is 2.24. The fourth-order valence-electron chi connectivity index (χ4n) is 1.53. The number of rotatable bonds is 4. The average Bonchev–Trinajstić information content (AvgIpc) is 2.43. The molecule has 0 aliphatic carbocycles. The van der Waals surface area contributed by atoms with Crippen molar-refractivity contribution in [2.24, 2.45) is 0 Å². The quantitative estimate of drug-likeness (QED) is 0.511. The molecule has 0 amide bonds. The monoisotopic (exact) mass is 312 g/mol. The zero-order chi connectivity index (χ0) is 15.6. The van der Waals surface area contributed by atoms with Crippen LogP contribution >= 0.6 is 0 Å². The van der Waals surface area contributed by atoms with E-state index in [0.717, 1.165) is 36.4 Å². The van der Waals surface area contributed by atoms with Crippen LogP contribution in [0.1, 0.15) is 0 Å². The Hall–Kier alpha value is -2.68. The maximum Gasteiger partial charge on any atom is 0.269 e. The number of nitro groups is 1. The van der Waals surface area contributed by atoms with Crippen LogP contribution in [0.2, 0.25) is 0 Å². The first-order valence-corrected chi connectivity index (χ1v) is 7.04. The summed E-state index contributed by atoms with van der Waals surface area (Å²) >= 11 is 0. The highest BCUT2D eigenvalue weighted by Gasteiger charge is 2.16. The SMILES string of the molecule is O=[N+]([O-])c1ccc(S(=O)(=O)Nc2ccc(O)c(F)c2)cc1. The second-order valence-corrected chi connectivity index (χ2v) is 5.71. The Morgan fingerprint density at radius 3 is 2.29 bits per heavy atom.